The van der Waals surface area contributed by atoms with Crippen molar-refractivity contribution >= 4 is 23.4 Å². The van der Waals surface area contributed by atoms with Crippen LogP contribution in [0, 0.1) is 15.9 Å². The van der Waals surface area contributed by atoms with Gasteiger partial charge in [-0.15, -0.1) is 0 Å². The number of nitro groups is 1. The Morgan fingerprint density at radius 2 is 1.90 bits per heavy atom. The Balaban J connectivity index is 2.36. The Hall–Kier alpha value is -2.41. The van der Waals surface area contributed by atoms with E-state index in [0.29, 0.717) is 4.90 Å². The summed E-state index contributed by atoms with van der Waals surface area (Å²) in [6.45, 7) is 0. The van der Waals surface area contributed by atoms with Gasteiger partial charge in [0.1, 0.15) is 5.82 Å². The maximum absolute atomic E-state index is 13.8. The van der Waals surface area contributed by atoms with E-state index in [9.17, 15) is 19.3 Å². The monoisotopic (exact) mass is 293 g/mol. The molecule has 0 saturated carbocycles. The number of rotatable bonds is 4. The van der Waals surface area contributed by atoms with E-state index in [0.717, 1.165) is 17.8 Å². The number of aromatic carboxylic acids is 1. The second-order valence-electron chi connectivity index (χ2n) is 3.78. The summed E-state index contributed by atoms with van der Waals surface area (Å²) in [5.41, 5.74) is -0.298. The number of hydrogen-bond acceptors (Lipinski definition) is 4. The van der Waals surface area contributed by atoms with Gasteiger partial charge in [-0.1, -0.05) is 23.9 Å². The molecule has 2 aromatic carbocycles. The lowest BCUT2D eigenvalue weighted by Crippen LogP contribution is -1.98. The first-order valence-corrected chi connectivity index (χ1v) is 6.25. The highest BCUT2D eigenvalue weighted by atomic mass is 32.2. The third-order valence-electron chi connectivity index (χ3n) is 2.46. The first kappa shape index (κ1) is 14.0. The molecule has 0 aromatic heterocycles. The summed E-state index contributed by atoms with van der Waals surface area (Å²) in [5.74, 6) is -1.88. The minimum absolute atomic E-state index is 0.0512. The number of hydrogen-bond donors (Lipinski definition) is 1. The fourth-order valence-electron chi connectivity index (χ4n) is 1.54. The van der Waals surface area contributed by atoms with Crippen LogP contribution >= 0.6 is 11.8 Å². The molecule has 0 aliphatic rings. The second kappa shape index (κ2) is 5.70. The predicted octanol–water partition coefficient (Wildman–Crippen LogP) is 3.58. The Morgan fingerprint density at radius 1 is 1.20 bits per heavy atom. The second-order valence-corrected chi connectivity index (χ2v) is 4.86. The van der Waals surface area contributed by atoms with Gasteiger partial charge in [0.2, 0.25) is 0 Å². The molecular weight excluding hydrogens is 285 g/mol. The van der Waals surface area contributed by atoms with Gasteiger partial charge >= 0.3 is 5.97 Å². The van der Waals surface area contributed by atoms with Crippen molar-refractivity contribution in [3.63, 3.8) is 0 Å². The van der Waals surface area contributed by atoms with Crippen LogP contribution in [0.25, 0.3) is 0 Å². The van der Waals surface area contributed by atoms with Crippen molar-refractivity contribution in [2.75, 3.05) is 0 Å². The van der Waals surface area contributed by atoms with E-state index in [2.05, 4.69) is 0 Å². The fourth-order valence-corrected chi connectivity index (χ4v) is 2.48. The summed E-state index contributed by atoms with van der Waals surface area (Å²) in [6.07, 6.45) is 0. The number of nitrogens with zero attached hydrogens (tertiary/aromatic N) is 1. The third-order valence-corrected chi connectivity index (χ3v) is 3.59. The molecule has 0 aliphatic carbocycles. The summed E-state index contributed by atoms with van der Waals surface area (Å²) >= 11 is 0.911. The molecule has 0 fully saturated rings. The van der Waals surface area contributed by atoms with Gasteiger partial charge in [0.25, 0.3) is 5.69 Å². The number of non-ortho nitro benzene ring substituents is 1. The molecule has 1 N–H and O–H groups in total. The molecule has 0 saturated heterocycles. The van der Waals surface area contributed by atoms with Gasteiger partial charge in [-0.2, -0.15) is 0 Å². The molecule has 0 bridgehead atoms. The zero-order valence-corrected chi connectivity index (χ0v) is 10.8. The quantitative estimate of drug-likeness (QED) is 0.688. The van der Waals surface area contributed by atoms with Gasteiger partial charge in [-0.25, -0.2) is 9.18 Å². The van der Waals surface area contributed by atoms with E-state index in [1.54, 1.807) is 18.2 Å². The van der Waals surface area contributed by atoms with E-state index in [1.807, 2.05) is 0 Å². The Bertz CT molecular complexity index is 690. The van der Waals surface area contributed by atoms with E-state index in [1.165, 1.54) is 18.2 Å². The maximum Gasteiger partial charge on any atom is 0.336 e. The lowest BCUT2D eigenvalue weighted by Gasteiger charge is -2.06. The number of benzene rings is 2. The van der Waals surface area contributed by atoms with Gasteiger partial charge in [0, 0.05) is 15.9 Å². The Kier molecular flexibility index (Phi) is 3.99. The molecule has 20 heavy (non-hydrogen) atoms. The zero-order chi connectivity index (χ0) is 14.7. The van der Waals surface area contributed by atoms with Crippen molar-refractivity contribution in [2.24, 2.45) is 0 Å². The smallest absolute Gasteiger partial charge is 0.336 e. The van der Waals surface area contributed by atoms with Gasteiger partial charge in [0.15, 0.2) is 0 Å². The standard InChI is InChI=1S/C13H8FNO4S/c14-10-7-8(15(18)19)5-6-12(10)20-11-4-2-1-3-9(11)13(16)17/h1-7H,(H,16,17). The van der Waals surface area contributed by atoms with E-state index < -0.39 is 16.7 Å². The fraction of sp³-hybridized carbons (Fsp3) is 0. The van der Waals surface area contributed by atoms with Crippen LogP contribution in [0.2, 0.25) is 0 Å². The van der Waals surface area contributed by atoms with Crippen LogP contribution < -0.4 is 0 Å². The average Bonchev–Trinajstić information content (AvgIpc) is 2.41. The van der Waals surface area contributed by atoms with E-state index in [-0.39, 0.29) is 16.1 Å². The van der Waals surface area contributed by atoms with Crippen molar-refractivity contribution in [1.29, 1.82) is 0 Å². The summed E-state index contributed by atoms with van der Waals surface area (Å²) in [5, 5.41) is 19.6. The zero-order valence-electron chi connectivity index (χ0n) is 9.95. The van der Waals surface area contributed by atoms with Crippen molar-refractivity contribution < 1.29 is 19.2 Å². The first-order chi connectivity index (χ1) is 9.49. The number of carboxylic acid groups (broad SMARTS) is 1. The van der Waals surface area contributed by atoms with Crippen LogP contribution in [0.4, 0.5) is 10.1 Å². The molecular formula is C13H8FNO4S. The normalized spacial score (nSPS) is 10.2. The molecule has 102 valence electrons. The Morgan fingerprint density at radius 3 is 2.50 bits per heavy atom. The highest BCUT2D eigenvalue weighted by molar-refractivity contribution is 7.99. The molecule has 2 aromatic rings. The minimum Gasteiger partial charge on any atom is -0.478 e. The van der Waals surface area contributed by atoms with Crippen LogP contribution in [0.3, 0.4) is 0 Å². The Labute approximate surface area is 117 Å². The first-order valence-electron chi connectivity index (χ1n) is 5.43. The lowest BCUT2D eigenvalue weighted by atomic mass is 10.2. The SMILES string of the molecule is O=C(O)c1ccccc1Sc1ccc([N+](=O)[O-])cc1F. The van der Waals surface area contributed by atoms with Crippen molar-refractivity contribution in [3.05, 3.63) is 64.0 Å². The molecule has 0 radical (unpaired) electrons. The van der Waals surface area contributed by atoms with Gasteiger partial charge in [-0.3, -0.25) is 10.1 Å². The highest BCUT2D eigenvalue weighted by Crippen LogP contribution is 2.33. The number of carboxylic acids is 1. The number of carbonyl (C=O) groups is 1. The molecule has 0 amide bonds. The molecule has 0 atom stereocenters. The van der Waals surface area contributed by atoms with E-state index >= 15 is 0 Å². The lowest BCUT2D eigenvalue weighted by molar-refractivity contribution is -0.385. The van der Waals surface area contributed by atoms with Crippen LogP contribution in [0.5, 0.6) is 0 Å². The molecule has 0 unspecified atom stereocenters. The molecule has 5 nitrogen and oxygen atoms in total. The third kappa shape index (κ3) is 2.94. The largest absolute Gasteiger partial charge is 0.478 e. The minimum atomic E-state index is -1.12. The summed E-state index contributed by atoms with van der Waals surface area (Å²) < 4.78 is 13.8. The van der Waals surface area contributed by atoms with Crippen molar-refractivity contribution in [2.45, 2.75) is 9.79 Å². The van der Waals surface area contributed by atoms with Crippen LogP contribution in [-0.2, 0) is 0 Å². The van der Waals surface area contributed by atoms with Crippen LogP contribution in [-0.4, -0.2) is 16.0 Å². The van der Waals surface area contributed by atoms with Gasteiger partial charge in [-0.05, 0) is 18.2 Å². The molecule has 2 rings (SSSR count). The maximum atomic E-state index is 13.8. The summed E-state index contributed by atoms with van der Waals surface area (Å²) in [7, 11) is 0. The molecule has 0 spiro atoms. The van der Waals surface area contributed by atoms with Gasteiger partial charge < -0.3 is 5.11 Å². The predicted molar refractivity (Wildman–Crippen MR) is 70.6 cm³/mol. The van der Waals surface area contributed by atoms with E-state index in [4.69, 9.17) is 5.11 Å². The highest BCUT2D eigenvalue weighted by Gasteiger charge is 2.15. The van der Waals surface area contributed by atoms with Gasteiger partial charge in [0.05, 0.1) is 16.6 Å². The van der Waals surface area contributed by atoms with Crippen LogP contribution in [0.15, 0.2) is 52.3 Å². The topological polar surface area (TPSA) is 80.4 Å². The number of nitro benzene ring substituents is 1. The summed E-state index contributed by atoms with van der Waals surface area (Å²) in [4.78, 5) is 21.4. The number of halogens is 1. The molecule has 7 heteroatoms. The molecule has 0 aliphatic heterocycles. The van der Waals surface area contributed by atoms with Crippen LogP contribution in [0.1, 0.15) is 10.4 Å². The average molecular weight is 293 g/mol. The molecule has 0 heterocycles. The van der Waals surface area contributed by atoms with Crippen molar-refractivity contribution in [1.82, 2.24) is 0 Å². The summed E-state index contributed by atoms with van der Waals surface area (Å²) in [6, 6.07) is 9.41. The van der Waals surface area contributed by atoms with Crippen molar-refractivity contribution in [3.8, 4) is 0 Å².